The van der Waals surface area contributed by atoms with Gasteiger partial charge in [-0.15, -0.1) is 6.58 Å². The van der Waals surface area contributed by atoms with Crippen molar-refractivity contribution in [2.45, 2.75) is 63.9 Å². The summed E-state index contributed by atoms with van der Waals surface area (Å²) >= 11 is 0. The Morgan fingerprint density at radius 2 is 1.92 bits per heavy atom. The van der Waals surface area contributed by atoms with Crippen molar-refractivity contribution in [1.29, 1.82) is 0 Å². The molecule has 0 unspecified atom stereocenters. The van der Waals surface area contributed by atoms with Gasteiger partial charge in [-0.05, 0) is 43.4 Å². The Morgan fingerprint density at radius 3 is 2.56 bits per heavy atom. The number of rotatable bonds is 4. The zero-order chi connectivity index (χ0) is 17.9. The van der Waals surface area contributed by atoms with Gasteiger partial charge >= 0.3 is 0 Å². The van der Waals surface area contributed by atoms with Gasteiger partial charge in [-0.3, -0.25) is 9.59 Å². The lowest BCUT2D eigenvalue weighted by Crippen LogP contribution is -2.54. The number of amides is 2. The predicted octanol–water partition coefficient (Wildman–Crippen LogP) is 2.34. The van der Waals surface area contributed by atoms with Crippen molar-refractivity contribution in [2.75, 3.05) is 26.2 Å². The molecule has 1 spiro atoms. The number of piperidine rings is 2. The van der Waals surface area contributed by atoms with Crippen LogP contribution in [0, 0.1) is 11.3 Å². The summed E-state index contributed by atoms with van der Waals surface area (Å²) in [4.78, 5) is 28.5. The van der Waals surface area contributed by atoms with E-state index in [4.69, 9.17) is 0 Å². The molecule has 1 atom stereocenters. The first-order valence-electron chi connectivity index (χ1n) is 9.90. The summed E-state index contributed by atoms with van der Waals surface area (Å²) in [5, 5.41) is 10.5. The number of nitrogens with zero attached hydrogens (tertiary/aromatic N) is 2. The molecule has 1 N–H and O–H groups in total. The number of aliphatic hydroxyl groups is 1. The third-order valence-electron chi connectivity index (χ3n) is 6.58. The lowest BCUT2D eigenvalue weighted by Gasteiger charge is -2.47. The quantitative estimate of drug-likeness (QED) is 0.793. The second-order valence-electron chi connectivity index (χ2n) is 8.23. The molecule has 5 nitrogen and oxygen atoms in total. The average molecular weight is 348 g/mol. The number of hydrogen-bond donors (Lipinski definition) is 1. The summed E-state index contributed by atoms with van der Waals surface area (Å²) in [6.07, 6.45) is 9.79. The smallest absolute Gasteiger partial charge is 0.251 e. The molecule has 0 aromatic heterocycles. The van der Waals surface area contributed by atoms with Crippen LogP contribution in [-0.4, -0.2) is 59.0 Å². The highest BCUT2D eigenvalue weighted by Crippen LogP contribution is 2.40. The van der Waals surface area contributed by atoms with Crippen molar-refractivity contribution in [1.82, 2.24) is 9.80 Å². The van der Waals surface area contributed by atoms with Gasteiger partial charge in [0.2, 0.25) is 5.91 Å². The molecule has 0 bridgehead atoms. The van der Waals surface area contributed by atoms with E-state index in [0.717, 1.165) is 51.5 Å². The first kappa shape index (κ1) is 18.4. The molecular weight excluding hydrogens is 316 g/mol. The fourth-order valence-electron chi connectivity index (χ4n) is 4.87. The predicted molar refractivity (Wildman–Crippen MR) is 96.8 cm³/mol. The van der Waals surface area contributed by atoms with E-state index in [-0.39, 0.29) is 23.1 Å². The van der Waals surface area contributed by atoms with Crippen LogP contribution < -0.4 is 0 Å². The van der Waals surface area contributed by atoms with E-state index < -0.39 is 6.10 Å². The Balaban J connectivity index is 1.55. The molecule has 3 rings (SSSR count). The van der Waals surface area contributed by atoms with E-state index in [0.29, 0.717) is 26.1 Å². The van der Waals surface area contributed by atoms with Crippen LogP contribution in [0.1, 0.15) is 57.8 Å². The van der Waals surface area contributed by atoms with E-state index in [2.05, 4.69) is 6.58 Å². The van der Waals surface area contributed by atoms with Crippen LogP contribution >= 0.6 is 0 Å². The summed E-state index contributed by atoms with van der Waals surface area (Å²) in [7, 11) is 0. The Morgan fingerprint density at radius 1 is 1.24 bits per heavy atom. The molecule has 25 heavy (non-hydrogen) atoms. The molecule has 2 aliphatic heterocycles. The lowest BCUT2D eigenvalue weighted by atomic mass is 9.72. The van der Waals surface area contributed by atoms with Crippen LogP contribution in [0.3, 0.4) is 0 Å². The number of carbonyl (C=O) groups is 2. The molecule has 0 aromatic carbocycles. The number of hydrogen-bond acceptors (Lipinski definition) is 3. The molecule has 3 aliphatic rings. The first-order chi connectivity index (χ1) is 12.0. The van der Waals surface area contributed by atoms with E-state index in [1.807, 2.05) is 9.80 Å². The average Bonchev–Trinajstić information content (AvgIpc) is 2.65. The van der Waals surface area contributed by atoms with Gasteiger partial charge in [0, 0.05) is 32.6 Å². The molecule has 3 fully saturated rings. The van der Waals surface area contributed by atoms with Gasteiger partial charge in [0.05, 0.1) is 0 Å². The maximum Gasteiger partial charge on any atom is 0.251 e. The van der Waals surface area contributed by atoms with Crippen LogP contribution in [0.5, 0.6) is 0 Å². The summed E-state index contributed by atoms with van der Waals surface area (Å²) in [5.41, 5.74) is 0.142. The standard InChI is InChI=1S/C20H32N2O3/c1-2-12-22-15-20(9-8-17(22)23)10-13-21(14-11-20)19(25)18(24)16-6-4-3-5-7-16/h2,16,18,24H,1,3-15H2/t18-/m1/s1. The number of aliphatic hydroxyl groups excluding tert-OH is 1. The van der Waals surface area contributed by atoms with Gasteiger partial charge in [0.1, 0.15) is 6.10 Å². The Kier molecular flexibility index (Phi) is 5.82. The normalized spacial score (nSPS) is 25.9. The molecule has 0 aromatic rings. The lowest BCUT2D eigenvalue weighted by molar-refractivity contribution is -0.149. The highest BCUT2D eigenvalue weighted by Gasteiger charge is 2.42. The highest BCUT2D eigenvalue weighted by molar-refractivity contribution is 5.81. The molecule has 2 amide bonds. The second kappa shape index (κ2) is 7.90. The monoisotopic (exact) mass is 348 g/mol. The van der Waals surface area contributed by atoms with Gasteiger partial charge < -0.3 is 14.9 Å². The summed E-state index contributed by atoms with van der Waals surface area (Å²) in [5.74, 6) is 0.292. The SMILES string of the molecule is C=CCN1CC2(CCC1=O)CCN(C(=O)[C@H](O)C1CCCCC1)CC2. The zero-order valence-corrected chi connectivity index (χ0v) is 15.3. The summed E-state index contributed by atoms with van der Waals surface area (Å²) in [6, 6.07) is 0. The molecule has 1 aliphatic carbocycles. The van der Waals surface area contributed by atoms with E-state index in [9.17, 15) is 14.7 Å². The van der Waals surface area contributed by atoms with Crippen molar-refractivity contribution in [2.24, 2.45) is 11.3 Å². The van der Waals surface area contributed by atoms with Crippen molar-refractivity contribution in [3.05, 3.63) is 12.7 Å². The molecule has 140 valence electrons. The van der Waals surface area contributed by atoms with Gasteiger partial charge in [-0.25, -0.2) is 0 Å². The summed E-state index contributed by atoms with van der Waals surface area (Å²) in [6.45, 7) is 6.56. The highest BCUT2D eigenvalue weighted by atomic mass is 16.3. The van der Waals surface area contributed by atoms with Crippen LogP contribution in [0.15, 0.2) is 12.7 Å². The van der Waals surface area contributed by atoms with E-state index in [1.54, 1.807) is 6.08 Å². The Bertz CT molecular complexity index is 505. The van der Waals surface area contributed by atoms with Crippen LogP contribution in [-0.2, 0) is 9.59 Å². The van der Waals surface area contributed by atoms with Crippen LogP contribution in [0.2, 0.25) is 0 Å². The van der Waals surface area contributed by atoms with Gasteiger partial charge in [0.25, 0.3) is 5.91 Å². The van der Waals surface area contributed by atoms with Gasteiger partial charge in [-0.1, -0.05) is 25.3 Å². The molecule has 1 saturated carbocycles. The Hall–Kier alpha value is -1.36. The van der Waals surface area contributed by atoms with Crippen molar-refractivity contribution < 1.29 is 14.7 Å². The maximum absolute atomic E-state index is 12.7. The summed E-state index contributed by atoms with van der Waals surface area (Å²) < 4.78 is 0. The molecule has 2 heterocycles. The number of carbonyl (C=O) groups excluding carboxylic acids is 2. The topological polar surface area (TPSA) is 60.9 Å². The van der Waals surface area contributed by atoms with Crippen molar-refractivity contribution in [3.8, 4) is 0 Å². The molecule has 5 heteroatoms. The maximum atomic E-state index is 12.7. The second-order valence-corrected chi connectivity index (χ2v) is 8.23. The van der Waals surface area contributed by atoms with Gasteiger partial charge in [0.15, 0.2) is 0 Å². The molecule has 0 radical (unpaired) electrons. The first-order valence-corrected chi connectivity index (χ1v) is 9.90. The van der Waals surface area contributed by atoms with Crippen LogP contribution in [0.4, 0.5) is 0 Å². The van der Waals surface area contributed by atoms with Crippen LogP contribution in [0.25, 0.3) is 0 Å². The van der Waals surface area contributed by atoms with Crippen molar-refractivity contribution in [3.63, 3.8) is 0 Å². The Labute approximate surface area is 151 Å². The number of likely N-dealkylation sites (tertiary alicyclic amines) is 2. The minimum absolute atomic E-state index is 0.0726. The largest absolute Gasteiger partial charge is 0.383 e. The molecular formula is C20H32N2O3. The van der Waals surface area contributed by atoms with E-state index in [1.165, 1.54) is 6.42 Å². The third kappa shape index (κ3) is 4.08. The van der Waals surface area contributed by atoms with Crippen molar-refractivity contribution >= 4 is 11.8 Å². The third-order valence-corrected chi connectivity index (χ3v) is 6.58. The fourth-order valence-corrected chi connectivity index (χ4v) is 4.87. The minimum Gasteiger partial charge on any atom is -0.383 e. The molecule has 2 saturated heterocycles. The fraction of sp³-hybridized carbons (Fsp3) is 0.800. The zero-order valence-electron chi connectivity index (χ0n) is 15.3. The minimum atomic E-state index is -0.820. The van der Waals surface area contributed by atoms with Gasteiger partial charge in [-0.2, -0.15) is 0 Å². The van der Waals surface area contributed by atoms with E-state index >= 15 is 0 Å².